The standard InChI is InChI=1S/C16H22Br2N2O/c1-11(2)16(21)20-7-5-13(6-8-20)19-10-12-3-4-14(17)15(18)9-12/h3-4,9,11,13,19H,5-8,10H2,1-2H3. The Morgan fingerprint density at radius 3 is 2.52 bits per heavy atom. The quantitative estimate of drug-likeness (QED) is 0.804. The van der Waals surface area contributed by atoms with Crippen LogP contribution in [0.5, 0.6) is 0 Å². The van der Waals surface area contributed by atoms with Crippen LogP contribution in [-0.4, -0.2) is 29.9 Å². The summed E-state index contributed by atoms with van der Waals surface area (Å²) < 4.78 is 2.16. The second kappa shape index (κ2) is 7.75. The van der Waals surface area contributed by atoms with Crippen LogP contribution in [0, 0.1) is 5.92 Å². The maximum Gasteiger partial charge on any atom is 0.225 e. The van der Waals surface area contributed by atoms with Crippen molar-refractivity contribution in [2.45, 2.75) is 39.3 Å². The van der Waals surface area contributed by atoms with Crippen molar-refractivity contribution in [3.05, 3.63) is 32.7 Å². The molecule has 1 aliphatic heterocycles. The van der Waals surface area contributed by atoms with E-state index in [1.54, 1.807) is 0 Å². The highest BCUT2D eigenvalue weighted by Gasteiger charge is 2.23. The van der Waals surface area contributed by atoms with Gasteiger partial charge in [0.15, 0.2) is 0 Å². The highest BCUT2D eigenvalue weighted by molar-refractivity contribution is 9.13. The fourth-order valence-electron chi connectivity index (χ4n) is 2.58. The lowest BCUT2D eigenvalue weighted by Gasteiger charge is -2.33. The van der Waals surface area contributed by atoms with Crippen molar-refractivity contribution < 1.29 is 4.79 Å². The fourth-order valence-corrected chi connectivity index (χ4v) is 3.25. The number of likely N-dealkylation sites (tertiary alicyclic amines) is 1. The largest absolute Gasteiger partial charge is 0.342 e. The Balaban J connectivity index is 1.78. The first-order chi connectivity index (χ1) is 9.97. The van der Waals surface area contributed by atoms with Crippen LogP contribution in [-0.2, 0) is 11.3 Å². The number of hydrogen-bond donors (Lipinski definition) is 1. The number of nitrogens with one attached hydrogen (secondary N) is 1. The van der Waals surface area contributed by atoms with Crippen LogP contribution in [0.4, 0.5) is 0 Å². The van der Waals surface area contributed by atoms with Crippen LogP contribution in [0.25, 0.3) is 0 Å². The predicted octanol–water partition coefficient (Wildman–Crippen LogP) is 3.95. The number of hydrogen-bond acceptors (Lipinski definition) is 2. The van der Waals surface area contributed by atoms with Gasteiger partial charge in [-0.15, -0.1) is 0 Å². The van der Waals surface area contributed by atoms with E-state index in [2.05, 4.69) is 55.4 Å². The zero-order chi connectivity index (χ0) is 15.4. The number of piperidine rings is 1. The van der Waals surface area contributed by atoms with Crippen molar-refractivity contribution in [2.24, 2.45) is 5.92 Å². The molecule has 0 atom stereocenters. The van der Waals surface area contributed by atoms with Crippen LogP contribution in [0.2, 0.25) is 0 Å². The van der Waals surface area contributed by atoms with Crippen molar-refractivity contribution in [3.63, 3.8) is 0 Å². The molecule has 0 aromatic heterocycles. The number of halogens is 2. The molecule has 1 amide bonds. The Labute approximate surface area is 143 Å². The summed E-state index contributed by atoms with van der Waals surface area (Å²) in [6.45, 7) is 6.56. The number of carbonyl (C=O) groups excluding carboxylic acids is 1. The molecule has 1 aliphatic rings. The maximum atomic E-state index is 11.9. The molecular formula is C16H22Br2N2O. The molecule has 21 heavy (non-hydrogen) atoms. The molecule has 0 radical (unpaired) electrons. The minimum Gasteiger partial charge on any atom is -0.342 e. The molecule has 0 spiro atoms. The Kier molecular flexibility index (Phi) is 6.26. The van der Waals surface area contributed by atoms with Crippen molar-refractivity contribution in [1.82, 2.24) is 10.2 Å². The van der Waals surface area contributed by atoms with Crippen molar-refractivity contribution in [3.8, 4) is 0 Å². The Bertz CT molecular complexity index is 497. The zero-order valence-corrected chi connectivity index (χ0v) is 15.7. The first-order valence-corrected chi connectivity index (χ1v) is 9.02. The first-order valence-electron chi connectivity index (χ1n) is 7.43. The second-order valence-corrected chi connectivity index (χ2v) is 7.59. The average Bonchev–Trinajstić information content (AvgIpc) is 2.48. The van der Waals surface area contributed by atoms with Gasteiger partial charge in [0.05, 0.1) is 0 Å². The molecule has 0 unspecified atom stereocenters. The third kappa shape index (κ3) is 4.80. The molecule has 2 rings (SSSR count). The second-order valence-electron chi connectivity index (χ2n) is 5.88. The average molecular weight is 418 g/mol. The molecule has 0 bridgehead atoms. The summed E-state index contributed by atoms with van der Waals surface area (Å²) in [6, 6.07) is 6.82. The molecule has 116 valence electrons. The number of amides is 1. The molecule has 5 heteroatoms. The van der Waals surface area contributed by atoms with E-state index >= 15 is 0 Å². The summed E-state index contributed by atoms with van der Waals surface area (Å²) >= 11 is 7.01. The van der Waals surface area contributed by atoms with E-state index in [1.807, 2.05) is 18.7 Å². The topological polar surface area (TPSA) is 32.3 Å². The van der Waals surface area contributed by atoms with Gasteiger partial charge < -0.3 is 10.2 Å². The van der Waals surface area contributed by atoms with Gasteiger partial charge in [0.1, 0.15) is 0 Å². The van der Waals surface area contributed by atoms with E-state index in [9.17, 15) is 4.79 Å². The maximum absolute atomic E-state index is 11.9. The Morgan fingerprint density at radius 1 is 1.29 bits per heavy atom. The molecule has 0 saturated carbocycles. The molecule has 1 fully saturated rings. The molecule has 1 aromatic carbocycles. The predicted molar refractivity (Wildman–Crippen MR) is 93.1 cm³/mol. The fraction of sp³-hybridized carbons (Fsp3) is 0.562. The number of benzene rings is 1. The van der Waals surface area contributed by atoms with E-state index in [1.165, 1.54) is 5.56 Å². The van der Waals surface area contributed by atoms with E-state index < -0.39 is 0 Å². The number of rotatable bonds is 4. The first kappa shape index (κ1) is 17.0. The summed E-state index contributed by atoms with van der Waals surface area (Å²) in [4.78, 5) is 13.9. The normalized spacial score (nSPS) is 16.5. The minimum atomic E-state index is 0.106. The van der Waals surface area contributed by atoms with Gasteiger partial charge in [-0.1, -0.05) is 19.9 Å². The van der Waals surface area contributed by atoms with E-state index in [4.69, 9.17) is 0 Å². The lowest BCUT2D eigenvalue weighted by molar-refractivity contribution is -0.135. The third-order valence-electron chi connectivity index (χ3n) is 3.88. The Hall–Kier alpha value is -0.390. The molecular weight excluding hydrogens is 396 g/mol. The molecule has 1 heterocycles. The van der Waals surface area contributed by atoms with Crippen LogP contribution >= 0.6 is 31.9 Å². The molecule has 0 aliphatic carbocycles. The van der Waals surface area contributed by atoms with Crippen LogP contribution in [0.15, 0.2) is 27.1 Å². The van der Waals surface area contributed by atoms with Gasteiger partial charge in [0, 0.05) is 40.5 Å². The van der Waals surface area contributed by atoms with E-state index in [-0.39, 0.29) is 11.8 Å². The third-order valence-corrected chi connectivity index (χ3v) is 5.76. The van der Waals surface area contributed by atoms with E-state index in [0.29, 0.717) is 6.04 Å². The van der Waals surface area contributed by atoms with Crippen molar-refractivity contribution in [1.29, 1.82) is 0 Å². The molecule has 3 nitrogen and oxygen atoms in total. The molecule has 1 saturated heterocycles. The summed E-state index contributed by atoms with van der Waals surface area (Å²) in [5, 5.41) is 3.60. The molecule has 1 N–H and O–H groups in total. The van der Waals surface area contributed by atoms with Gasteiger partial charge in [-0.3, -0.25) is 4.79 Å². The zero-order valence-electron chi connectivity index (χ0n) is 12.5. The Morgan fingerprint density at radius 2 is 1.95 bits per heavy atom. The number of nitrogens with zero attached hydrogens (tertiary/aromatic N) is 1. The highest BCUT2D eigenvalue weighted by Crippen LogP contribution is 2.24. The van der Waals surface area contributed by atoms with Gasteiger partial charge in [-0.05, 0) is 62.4 Å². The minimum absolute atomic E-state index is 0.106. The van der Waals surface area contributed by atoms with Crippen molar-refractivity contribution >= 4 is 37.8 Å². The van der Waals surface area contributed by atoms with Crippen LogP contribution < -0.4 is 5.32 Å². The summed E-state index contributed by atoms with van der Waals surface area (Å²) in [5.74, 6) is 0.389. The lowest BCUT2D eigenvalue weighted by Crippen LogP contribution is -2.45. The van der Waals surface area contributed by atoms with Gasteiger partial charge in [-0.2, -0.15) is 0 Å². The molecule has 1 aromatic rings. The number of carbonyl (C=O) groups is 1. The summed E-state index contributed by atoms with van der Waals surface area (Å²) in [7, 11) is 0. The van der Waals surface area contributed by atoms with Gasteiger partial charge in [0.2, 0.25) is 5.91 Å². The van der Waals surface area contributed by atoms with Gasteiger partial charge in [-0.25, -0.2) is 0 Å². The summed E-state index contributed by atoms with van der Waals surface area (Å²) in [5.41, 5.74) is 1.27. The van der Waals surface area contributed by atoms with Crippen LogP contribution in [0.1, 0.15) is 32.3 Å². The lowest BCUT2D eigenvalue weighted by atomic mass is 10.0. The smallest absolute Gasteiger partial charge is 0.225 e. The van der Waals surface area contributed by atoms with Crippen molar-refractivity contribution in [2.75, 3.05) is 13.1 Å². The monoisotopic (exact) mass is 416 g/mol. The summed E-state index contributed by atoms with van der Waals surface area (Å²) in [6.07, 6.45) is 2.08. The highest BCUT2D eigenvalue weighted by atomic mass is 79.9. The van der Waals surface area contributed by atoms with Crippen LogP contribution in [0.3, 0.4) is 0 Å². The van der Waals surface area contributed by atoms with Gasteiger partial charge >= 0.3 is 0 Å². The SMILES string of the molecule is CC(C)C(=O)N1CCC(NCc2ccc(Br)c(Br)c2)CC1. The van der Waals surface area contributed by atoms with E-state index in [0.717, 1.165) is 41.4 Å². The van der Waals surface area contributed by atoms with Gasteiger partial charge in [0.25, 0.3) is 0 Å².